The molecule has 0 amide bonds. The van der Waals surface area contributed by atoms with Crippen LogP contribution in [0.25, 0.3) is 11.1 Å². The van der Waals surface area contributed by atoms with Gasteiger partial charge < -0.3 is 14.4 Å². The van der Waals surface area contributed by atoms with Crippen LogP contribution < -0.4 is 10.3 Å². The monoisotopic (exact) mass is 543 g/mol. The summed E-state index contributed by atoms with van der Waals surface area (Å²) >= 11 is 3.46. The molecule has 36 heavy (non-hydrogen) atoms. The fourth-order valence-corrected chi connectivity index (χ4v) is 4.85. The van der Waals surface area contributed by atoms with Crippen molar-refractivity contribution in [2.75, 3.05) is 6.61 Å². The first-order valence-electron chi connectivity index (χ1n) is 11.8. The standard InChI is InChI=1S/C29H26BrN3O3/c1-18(2)36-27-9-8-23(16-31-27)29-25-13-19(6-7-22(25)15-32-29)20-10-11-33(28(35)14-20)26(17-34)21-4-3-5-24(30)12-21/h3-14,16,18,26,34H,15,17H2,1-2H3/t26-/m1/s1. The van der Waals surface area contributed by atoms with Crippen LogP contribution in [0.3, 0.4) is 0 Å². The fourth-order valence-electron chi connectivity index (χ4n) is 4.44. The van der Waals surface area contributed by atoms with Gasteiger partial charge in [0.25, 0.3) is 5.56 Å². The molecule has 0 spiro atoms. The number of ether oxygens (including phenoxy) is 1. The third-order valence-electron chi connectivity index (χ3n) is 6.16. The lowest BCUT2D eigenvalue weighted by Crippen LogP contribution is -2.26. The SMILES string of the molecule is CC(C)Oc1ccc(C2=NCc3ccc(-c4ccn([C@H](CO)c5cccc(Br)c5)c(=O)c4)cc32)cn1. The minimum atomic E-state index is -0.460. The van der Waals surface area contributed by atoms with Crippen LogP contribution in [0, 0.1) is 0 Å². The van der Waals surface area contributed by atoms with E-state index in [9.17, 15) is 9.90 Å². The summed E-state index contributed by atoms with van der Waals surface area (Å²) in [4.78, 5) is 22.3. The molecule has 5 rings (SSSR count). The second kappa shape index (κ2) is 10.2. The number of halogens is 1. The largest absolute Gasteiger partial charge is 0.475 e. The van der Waals surface area contributed by atoms with Crippen LogP contribution in [0.5, 0.6) is 5.88 Å². The zero-order valence-corrected chi connectivity index (χ0v) is 21.6. The molecule has 1 atom stereocenters. The van der Waals surface area contributed by atoms with E-state index in [1.54, 1.807) is 23.0 Å². The number of hydrogen-bond acceptors (Lipinski definition) is 5. The first-order chi connectivity index (χ1) is 17.4. The van der Waals surface area contributed by atoms with Crippen molar-refractivity contribution >= 4 is 21.6 Å². The number of fused-ring (bicyclic) bond motifs is 1. The summed E-state index contributed by atoms with van der Waals surface area (Å²) in [5.74, 6) is 0.589. The molecule has 0 unspecified atom stereocenters. The van der Waals surface area contributed by atoms with E-state index >= 15 is 0 Å². The van der Waals surface area contributed by atoms with Crippen molar-refractivity contribution in [3.63, 3.8) is 0 Å². The molecular formula is C29H26BrN3O3. The molecule has 2 aromatic carbocycles. The Labute approximate surface area is 218 Å². The van der Waals surface area contributed by atoms with E-state index in [-0.39, 0.29) is 18.3 Å². The van der Waals surface area contributed by atoms with Crippen molar-refractivity contribution in [3.05, 3.63) is 116 Å². The van der Waals surface area contributed by atoms with Crippen LogP contribution in [0.2, 0.25) is 0 Å². The third-order valence-corrected chi connectivity index (χ3v) is 6.66. The first-order valence-corrected chi connectivity index (χ1v) is 12.6. The van der Waals surface area contributed by atoms with E-state index in [0.29, 0.717) is 12.4 Å². The maximum Gasteiger partial charge on any atom is 0.251 e. The Morgan fingerprint density at radius 2 is 1.83 bits per heavy atom. The van der Waals surface area contributed by atoms with Crippen LogP contribution in [0.15, 0.2) is 93.4 Å². The molecule has 6 nitrogen and oxygen atoms in total. The second-order valence-corrected chi connectivity index (χ2v) is 9.92. The lowest BCUT2D eigenvalue weighted by molar-refractivity contribution is 0.232. The fraction of sp³-hybridized carbons (Fsp3) is 0.207. The molecule has 3 heterocycles. The van der Waals surface area contributed by atoms with Gasteiger partial charge in [0.05, 0.1) is 31.0 Å². The lowest BCUT2D eigenvalue weighted by Gasteiger charge is -2.19. The minimum Gasteiger partial charge on any atom is -0.475 e. The van der Waals surface area contributed by atoms with Gasteiger partial charge in [-0.1, -0.05) is 40.2 Å². The van der Waals surface area contributed by atoms with E-state index in [0.717, 1.165) is 43.6 Å². The maximum absolute atomic E-state index is 13.1. The summed E-state index contributed by atoms with van der Waals surface area (Å²) in [7, 11) is 0. The van der Waals surface area contributed by atoms with Gasteiger partial charge in [-0.05, 0) is 66.4 Å². The van der Waals surface area contributed by atoms with Gasteiger partial charge in [0.2, 0.25) is 5.88 Å². The van der Waals surface area contributed by atoms with E-state index in [1.807, 2.05) is 62.4 Å². The van der Waals surface area contributed by atoms with Gasteiger partial charge in [-0.3, -0.25) is 9.79 Å². The second-order valence-electron chi connectivity index (χ2n) is 9.00. The summed E-state index contributed by atoms with van der Waals surface area (Å²) in [5.41, 5.74) is 6.43. The molecule has 0 radical (unpaired) electrons. The highest BCUT2D eigenvalue weighted by Crippen LogP contribution is 2.29. The first kappa shape index (κ1) is 24.2. The molecule has 0 bridgehead atoms. The molecule has 1 aliphatic rings. The molecule has 1 aliphatic heterocycles. The van der Waals surface area contributed by atoms with Crippen LogP contribution in [-0.2, 0) is 6.54 Å². The molecule has 182 valence electrons. The predicted molar refractivity (Wildman–Crippen MR) is 145 cm³/mol. The van der Waals surface area contributed by atoms with Gasteiger partial charge in [-0.25, -0.2) is 4.98 Å². The highest BCUT2D eigenvalue weighted by atomic mass is 79.9. The van der Waals surface area contributed by atoms with Gasteiger partial charge >= 0.3 is 0 Å². The average Bonchev–Trinajstić information content (AvgIpc) is 3.29. The number of pyridine rings is 2. The summed E-state index contributed by atoms with van der Waals surface area (Å²) in [6.45, 7) is 4.37. The Kier molecular flexibility index (Phi) is 6.85. The number of aliphatic imine (C=N–C) groups is 1. The average molecular weight is 544 g/mol. The zero-order chi connectivity index (χ0) is 25.2. The Bertz CT molecular complexity index is 1490. The van der Waals surface area contributed by atoms with Crippen molar-refractivity contribution in [2.24, 2.45) is 4.99 Å². The highest BCUT2D eigenvalue weighted by Gasteiger charge is 2.20. The van der Waals surface area contributed by atoms with Gasteiger partial charge in [0.1, 0.15) is 0 Å². The molecule has 0 saturated heterocycles. The normalized spacial score (nSPS) is 13.4. The topological polar surface area (TPSA) is 76.7 Å². The number of benzene rings is 2. The smallest absolute Gasteiger partial charge is 0.251 e. The van der Waals surface area contributed by atoms with E-state index in [4.69, 9.17) is 9.73 Å². The molecule has 0 saturated carbocycles. The van der Waals surface area contributed by atoms with Gasteiger partial charge in [0, 0.05) is 40.1 Å². The van der Waals surface area contributed by atoms with Crippen LogP contribution in [-0.4, -0.2) is 33.1 Å². The lowest BCUT2D eigenvalue weighted by atomic mass is 9.96. The molecule has 0 aliphatic carbocycles. The minimum absolute atomic E-state index is 0.0631. The Morgan fingerprint density at radius 1 is 1.03 bits per heavy atom. The van der Waals surface area contributed by atoms with Crippen molar-refractivity contribution in [3.8, 4) is 17.0 Å². The van der Waals surface area contributed by atoms with E-state index < -0.39 is 6.04 Å². The summed E-state index contributed by atoms with van der Waals surface area (Å²) in [6, 6.07) is 20.7. The molecular weight excluding hydrogens is 518 g/mol. The van der Waals surface area contributed by atoms with Gasteiger partial charge in [-0.15, -0.1) is 0 Å². The number of aliphatic hydroxyl groups excluding tert-OH is 1. The van der Waals surface area contributed by atoms with Crippen molar-refractivity contribution in [2.45, 2.75) is 32.5 Å². The number of rotatable bonds is 7. The molecule has 0 fully saturated rings. The van der Waals surface area contributed by atoms with Gasteiger partial charge in [0.15, 0.2) is 0 Å². The number of nitrogens with zero attached hydrogens (tertiary/aromatic N) is 3. The maximum atomic E-state index is 13.1. The van der Waals surface area contributed by atoms with Crippen LogP contribution in [0.1, 0.15) is 42.1 Å². The summed E-state index contributed by atoms with van der Waals surface area (Å²) < 4.78 is 8.12. The van der Waals surface area contributed by atoms with Crippen molar-refractivity contribution in [1.82, 2.24) is 9.55 Å². The number of aliphatic hydroxyl groups is 1. The molecule has 4 aromatic rings. The highest BCUT2D eigenvalue weighted by molar-refractivity contribution is 9.10. The molecule has 2 aromatic heterocycles. The van der Waals surface area contributed by atoms with Crippen LogP contribution >= 0.6 is 15.9 Å². The quantitative estimate of drug-likeness (QED) is 0.339. The molecule has 1 N–H and O–H groups in total. The predicted octanol–water partition coefficient (Wildman–Crippen LogP) is 5.39. The van der Waals surface area contributed by atoms with E-state index in [1.165, 1.54) is 0 Å². The summed E-state index contributed by atoms with van der Waals surface area (Å²) in [6.07, 6.45) is 3.60. The van der Waals surface area contributed by atoms with Gasteiger partial charge in [-0.2, -0.15) is 0 Å². The van der Waals surface area contributed by atoms with E-state index in [2.05, 4.69) is 33.0 Å². The number of aromatic nitrogens is 2. The number of hydrogen-bond donors (Lipinski definition) is 1. The Morgan fingerprint density at radius 3 is 2.53 bits per heavy atom. The Hall–Kier alpha value is -3.55. The Balaban J connectivity index is 1.44. The van der Waals surface area contributed by atoms with Crippen LogP contribution in [0.4, 0.5) is 0 Å². The zero-order valence-electron chi connectivity index (χ0n) is 20.1. The third kappa shape index (κ3) is 4.90. The van der Waals surface area contributed by atoms with Crippen molar-refractivity contribution < 1.29 is 9.84 Å². The summed E-state index contributed by atoms with van der Waals surface area (Å²) in [5, 5.41) is 10.0. The van der Waals surface area contributed by atoms with Crippen molar-refractivity contribution in [1.29, 1.82) is 0 Å². The molecule has 7 heteroatoms.